The summed E-state index contributed by atoms with van der Waals surface area (Å²) in [5, 5.41) is 0.857. The number of aromatic nitrogens is 1. The molecule has 1 aromatic rings. The predicted molar refractivity (Wildman–Crippen MR) is 61.1 cm³/mol. The normalized spacial score (nSPS) is 20.9. The molecule has 1 aromatic heterocycles. The van der Waals surface area contributed by atoms with E-state index >= 15 is 0 Å². The van der Waals surface area contributed by atoms with Crippen LogP contribution < -0.4 is 4.90 Å². The molecule has 0 bridgehead atoms. The van der Waals surface area contributed by atoms with Crippen LogP contribution in [0.25, 0.3) is 0 Å². The molecule has 0 N–H and O–H groups in total. The molecule has 1 unspecified atom stereocenters. The monoisotopic (exact) mass is 242 g/mol. The number of hydrogen-bond donors (Lipinski definition) is 0. The van der Waals surface area contributed by atoms with Crippen LogP contribution in [0.15, 0.2) is 6.20 Å². The molecule has 0 saturated carbocycles. The number of rotatable bonds is 2. The third kappa shape index (κ3) is 2.33. The Bertz CT molecular complexity index is 380. The van der Waals surface area contributed by atoms with Gasteiger partial charge in [-0.15, -0.1) is 0 Å². The molecule has 16 heavy (non-hydrogen) atoms. The predicted octanol–water partition coefficient (Wildman–Crippen LogP) is 1.15. The van der Waals surface area contributed by atoms with E-state index in [0.717, 1.165) is 18.2 Å². The van der Waals surface area contributed by atoms with Crippen molar-refractivity contribution in [3.05, 3.63) is 11.1 Å². The topological polar surface area (TPSA) is 51.7 Å². The Balaban J connectivity index is 2.09. The SMILES string of the molecule is COC(=O)c1cnc(N2CCOC(C)C2)s1. The lowest BCUT2D eigenvalue weighted by atomic mass is 10.3. The van der Waals surface area contributed by atoms with Gasteiger partial charge in [-0.3, -0.25) is 0 Å². The second-order valence-electron chi connectivity index (χ2n) is 3.63. The van der Waals surface area contributed by atoms with Gasteiger partial charge < -0.3 is 14.4 Å². The van der Waals surface area contributed by atoms with E-state index in [-0.39, 0.29) is 12.1 Å². The summed E-state index contributed by atoms with van der Waals surface area (Å²) < 4.78 is 10.1. The van der Waals surface area contributed by atoms with E-state index in [1.54, 1.807) is 6.20 Å². The molecule has 0 radical (unpaired) electrons. The van der Waals surface area contributed by atoms with E-state index in [4.69, 9.17) is 4.74 Å². The van der Waals surface area contributed by atoms with Crippen LogP contribution in [-0.2, 0) is 9.47 Å². The van der Waals surface area contributed by atoms with Crippen molar-refractivity contribution in [1.29, 1.82) is 0 Å². The summed E-state index contributed by atoms with van der Waals surface area (Å²) in [6.45, 7) is 4.36. The Morgan fingerprint density at radius 1 is 1.75 bits per heavy atom. The largest absolute Gasteiger partial charge is 0.465 e. The van der Waals surface area contributed by atoms with Crippen molar-refractivity contribution in [1.82, 2.24) is 4.98 Å². The number of hydrogen-bond acceptors (Lipinski definition) is 6. The zero-order valence-corrected chi connectivity index (χ0v) is 10.1. The lowest BCUT2D eigenvalue weighted by Crippen LogP contribution is -2.41. The average Bonchev–Trinajstić information content (AvgIpc) is 2.77. The number of thiazole rings is 1. The maximum Gasteiger partial charge on any atom is 0.349 e. The van der Waals surface area contributed by atoms with E-state index in [9.17, 15) is 4.79 Å². The molecular formula is C10H14N2O3S. The Morgan fingerprint density at radius 2 is 2.56 bits per heavy atom. The molecule has 6 heteroatoms. The summed E-state index contributed by atoms with van der Waals surface area (Å²) in [5.41, 5.74) is 0. The highest BCUT2D eigenvalue weighted by Gasteiger charge is 2.20. The summed E-state index contributed by atoms with van der Waals surface area (Å²) in [6.07, 6.45) is 1.77. The van der Waals surface area contributed by atoms with E-state index in [0.29, 0.717) is 11.5 Å². The summed E-state index contributed by atoms with van der Waals surface area (Å²) in [7, 11) is 1.37. The van der Waals surface area contributed by atoms with Crippen LogP contribution in [0.5, 0.6) is 0 Å². The molecule has 0 aliphatic carbocycles. The first-order valence-corrected chi connectivity index (χ1v) is 5.93. The Labute approximate surface area is 98.0 Å². The Hall–Kier alpha value is -1.14. The number of nitrogens with zero attached hydrogens (tertiary/aromatic N) is 2. The molecule has 2 rings (SSSR count). The van der Waals surface area contributed by atoms with E-state index < -0.39 is 0 Å². The molecule has 1 aliphatic rings. The molecule has 1 atom stereocenters. The number of methoxy groups -OCH3 is 1. The van der Waals surface area contributed by atoms with Crippen molar-refractivity contribution in [3.8, 4) is 0 Å². The zero-order chi connectivity index (χ0) is 11.5. The minimum absolute atomic E-state index is 0.208. The number of carbonyl (C=O) groups is 1. The average molecular weight is 242 g/mol. The summed E-state index contributed by atoms with van der Waals surface area (Å²) in [5.74, 6) is -0.329. The fourth-order valence-electron chi connectivity index (χ4n) is 1.60. The first-order valence-electron chi connectivity index (χ1n) is 5.11. The van der Waals surface area contributed by atoms with Crippen molar-refractivity contribution in [3.63, 3.8) is 0 Å². The molecule has 1 aliphatic heterocycles. The van der Waals surface area contributed by atoms with Gasteiger partial charge in [-0.25, -0.2) is 9.78 Å². The van der Waals surface area contributed by atoms with Gasteiger partial charge in [0.15, 0.2) is 5.13 Å². The van der Waals surface area contributed by atoms with Crippen LogP contribution in [0.4, 0.5) is 5.13 Å². The quantitative estimate of drug-likeness (QED) is 0.728. The van der Waals surface area contributed by atoms with E-state index in [2.05, 4.69) is 14.6 Å². The number of anilines is 1. The number of carbonyl (C=O) groups excluding carboxylic acids is 1. The highest BCUT2D eigenvalue weighted by atomic mass is 32.1. The second-order valence-corrected chi connectivity index (χ2v) is 4.64. The molecule has 88 valence electrons. The smallest absolute Gasteiger partial charge is 0.349 e. The van der Waals surface area contributed by atoms with Gasteiger partial charge in [0.1, 0.15) is 4.88 Å². The van der Waals surface area contributed by atoms with Gasteiger partial charge in [0.2, 0.25) is 0 Å². The van der Waals surface area contributed by atoms with Gasteiger partial charge in [0, 0.05) is 13.1 Å². The van der Waals surface area contributed by atoms with E-state index in [1.165, 1.54) is 18.4 Å². The molecule has 0 amide bonds. The maximum atomic E-state index is 11.3. The summed E-state index contributed by atoms with van der Waals surface area (Å²) >= 11 is 1.36. The van der Waals surface area contributed by atoms with Crippen LogP contribution in [0.3, 0.4) is 0 Å². The highest BCUT2D eigenvalue weighted by Crippen LogP contribution is 2.24. The standard InChI is InChI=1S/C10H14N2O3S/c1-7-6-12(3-4-15-7)10-11-5-8(16-10)9(13)14-2/h5,7H,3-4,6H2,1-2H3. The maximum absolute atomic E-state index is 11.3. The van der Waals surface area contributed by atoms with Gasteiger partial charge in [0.25, 0.3) is 0 Å². The molecule has 0 aromatic carbocycles. The minimum atomic E-state index is -0.329. The van der Waals surface area contributed by atoms with Crippen LogP contribution in [0.1, 0.15) is 16.6 Å². The Kier molecular flexibility index (Phi) is 3.40. The molecule has 1 saturated heterocycles. The molecule has 1 fully saturated rings. The lowest BCUT2D eigenvalue weighted by Gasteiger charge is -2.30. The van der Waals surface area contributed by atoms with Crippen LogP contribution >= 0.6 is 11.3 Å². The van der Waals surface area contributed by atoms with Gasteiger partial charge in [-0.05, 0) is 6.92 Å². The van der Waals surface area contributed by atoms with Crippen molar-refractivity contribution in [2.24, 2.45) is 0 Å². The number of esters is 1. The zero-order valence-electron chi connectivity index (χ0n) is 9.30. The fraction of sp³-hybridized carbons (Fsp3) is 0.600. The summed E-state index contributed by atoms with van der Waals surface area (Å²) in [6, 6.07) is 0. The van der Waals surface area contributed by atoms with Crippen molar-refractivity contribution >= 4 is 22.4 Å². The van der Waals surface area contributed by atoms with Gasteiger partial charge in [-0.2, -0.15) is 0 Å². The fourth-order valence-corrected chi connectivity index (χ4v) is 2.47. The Morgan fingerprint density at radius 3 is 3.25 bits per heavy atom. The van der Waals surface area contributed by atoms with Crippen molar-refractivity contribution < 1.29 is 14.3 Å². The minimum Gasteiger partial charge on any atom is -0.465 e. The first-order chi connectivity index (χ1) is 7.70. The first kappa shape index (κ1) is 11.3. The molecule has 5 nitrogen and oxygen atoms in total. The van der Waals surface area contributed by atoms with Crippen LogP contribution in [0, 0.1) is 0 Å². The number of ether oxygens (including phenoxy) is 2. The molecule has 2 heterocycles. The third-order valence-electron chi connectivity index (χ3n) is 2.39. The lowest BCUT2D eigenvalue weighted by molar-refractivity contribution is 0.0532. The van der Waals surface area contributed by atoms with Crippen LogP contribution in [0.2, 0.25) is 0 Å². The molecular weight excluding hydrogens is 228 g/mol. The van der Waals surface area contributed by atoms with E-state index in [1.807, 2.05) is 6.92 Å². The van der Waals surface area contributed by atoms with Gasteiger partial charge in [0.05, 0.1) is 26.0 Å². The highest BCUT2D eigenvalue weighted by molar-refractivity contribution is 7.17. The van der Waals surface area contributed by atoms with Gasteiger partial charge >= 0.3 is 5.97 Å². The number of morpholine rings is 1. The third-order valence-corrected chi connectivity index (χ3v) is 3.43. The van der Waals surface area contributed by atoms with Gasteiger partial charge in [-0.1, -0.05) is 11.3 Å². The second kappa shape index (κ2) is 4.80. The van der Waals surface area contributed by atoms with Crippen molar-refractivity contribution in [2.45, 2.75) is 13.0 Å². The van der Waals surface area contributed by atoms with Crippen molar-refractivity contribution in [2.75, 3.05) is 31.7 Å². The summed E-state index contributed by atoms with van der Waals surface area (Å²) in [4.78, 5) is 18.2. The van der Waals surface area contributed by atoms with Crippen LogP contribution in [-0.4, -0.2) is 43.9 Å². The molecule has 0 spiro atoms.